The summed E-state index contributed by atoms with van der Waals surface area (Å²) in [7, 11) is -3.96. The number of aliphatic hydroxyl groups is 1. The van der Waals surface area contributed by atoms with Gasteiger partial charge < -0.3 is 43.0 Å². The predicted molar refractivity (Wildman–Crippen MR) is 515 cm³/mol. The number of hydrogen-bond donors (Lipinski definition) is 1. The minimum absolute atomic E-state index is 0. The third kappa shape index (κ3) is 40.7. The third-order valence-corrected chi connectivity index (χ3v) is 25.4. The monoisotopic (exact) mass is 1780 g/mol. The highest BCUT2D eigenvalue weighted by Gasteiger charge is 2.40. The zero-order valence-corrected chi connectivity index (χ0v) is 83.4. The Morgan fingerprint density at radius 1 is 0.411 bits per heavy atom. The maximum atomic E-state index is 12.9. The second kappa shape index (κ2) is 54.8. The molecule has 0 aliphatic rings. The molecule has 0 radical (unpaired) electrons. The molecule has 1 N–H and O–H groups in total. The molecule has 0 aliphatic heterocycles. The molecule has 0 aromatic heterocycles. The number of benzene rings is 8. The van der Waals surface area contributed by atoms with Crippen LogP contribution in [0.25, 0.3) is 0 Å². The minimum atomic E-state index is -4.55. The molecule has 0 spiro atoms. The molecule has 20 heteroatoms. The molecule has 8 aromatic rings. The summed E-state index contributed by atoms with van der Waals surface area (Å²) in [5, 5.41) is 5.39. The van der Waals surface area contributed by atoms with Gasteiger partial charge in [-0.3, -0.25) is 0 Å². The van der Waals surface area contributed by atoms with Crippen molar-refractivity contribution in [2.45, 2.75) is 331 Å². The highest BCUT2D eigenvalue weighted by molar-refractivity contribution is 7.92. The van der Waals surface area contributed by atoms with Crippen LogP contribution in [0.2, 0.25) is 0 Å². The Kier molecular flexibility index (Phi) is 51.2. The molecule has 15 nitrogen and oxygen atoms in total. The lowest BCUT2D eigenvalue weighted by Crippen LogP contribution is -2.24. The fourth-order valence-electron chi connectivity index (χ4n) is 11.5. The van der Waals surface area contributed by atoms with Crippen LogP contribution >= 0.6 is 0 Å². The van der Waals surface area contributed by atoms with Gasteiger partial charge in [-0.15, -0.1) is 0 Å². The number of hydrogen-bond acceptors (Lipinski definition) is 15. The molecule has 0 saturated heterocycles. The van der Waals surface area contributed by atoms with E-state index < -0.39 is 40.6 Å². The topological polar surface area (TPSA) is 196 Å². The highest BCUT2D eigenvalue weighted by atomic mass is 32.2. The first-order valence-electron chi connectivity index (χ1n) is 43.0. The van der Waals surface area contributed by atoms with Gasteiger partial charge in [0.05, 0.1) is 79.2 Å². The lowest BCUT2D eigenvalue weighted by atomic mass is 9.85. The SMILES string of the molecule is C.C=C(C)Oc1ccc(C(C)C)cc1OC.CC(C)c1ccc(S(=O)(=O)C(C)(F)F)cc1.CC(C)c1ccc(S(=O)(=O)C(C)C)cc1.CCCOCc1ccc(C(C)C)cc1OC.CCCS(=O)(=O)c1ccc(C(C)C)cc1.COc1cc(C(C)C)ccc1C(C)(C)C.COc1ccc(C(C)C)cc1OC(C)C.Cc1cc(C(C)C)ccc1COC(C)(C)O. The van der Waals surface area contributed by atoms with E-state index in [1.54, 1.807) is 92.5 Å². The van der Waals surface area contributed by atoms with Crippen molar-refractivity contribution in [3.8, 4) is 34.5 Å². The van der Waals surface area contributed by atoms with E-state index in [1.807, 2.05) is 90.1 Å². The number of sulfone groups is 3. The van der Waals surface area contributed by atoms with Gasteiger partial charge in [-0.05, 0) is 255 Å². The van der Waals surface area contributed by atoms with Crippen LogP contribution in [0.1, 0.15) is 335 Å². The lowest BCUT2D eigenvalue weighted by Gasteiger charge is -2.23. The van der Waals surface area contributed by atoms with Gasteiger partial charge in [-0.1, -0.05) is 250 Å². The summed E-state index contributed by atoms with van der Waals surface area (Å²) in [4.78, 5) is 0.514. The summed E-state index contributed by atoms with van der Waals surface area (Å²) in [5.74, 6) is 8.58. The van der Waals surface area contributed by atoms with E-state index in [4.69, 9.17) is 37.9 Å². The first kappa shape index (κ1) is 116. The fourth-order valence-corrected chi connectivity index (χ4v) is 14.8. The van der Waals surface area contributed by atoms with Crippen molar-refractivity contribution in [3.63, 3.8) is 0 Å². The standard InChI is InChI=1S/2C14H22O2.C14H22O.C13H18O2.C13H20O2.2C12H18O2S.C11H14F2O2S.CH4/c1-10(2)12-6-7-13(11(3)8-12)9-16-14(4,5)15;1-5-8-16-10-13-7-6-12(11(2)3)9-14(13)15-4;1-10(2)11-7-8-12(14(3,4)5)13(9-11)15-6;1-9(2)11-6-7-12(15-10(3)4)13(8-11)14-5;1-9(2)11-6-7-12(14-5)13(8-11)15-10(3)4;1-9(2)11-5-7-12(8-6-11)15(13,14)10(3)4;1-4-9-15(13,14)12-7-5-11(6-8-12)10(2)3;1-8(2)9-4-6-10(7-5-9)16(14,15)11(3,12)13;/h6-8,10,15H,9H2,1-5H3;6-7,9,11H,5,8,10H2,1-4H3;7-10H,1-6H3;6-9H,3H2,1-2,4-5H3;6-10H,1-5H3;5-10H,1-4H3;5-8,10H,4,9H2,1-3H3;4-8H,1-3H3;1H4. The van der Waals surface area contributed by atoms with E-state index in [0.717, 1.165) is 69.8 Å². The molecule has 0 aliphatic carbocycles. The van der Waals surface area contributed by atoms with Gasteiger partial charge in [-0.2, -0.15) is 8.78 Å². The smallest absolute Gasteiger partial charge is 0.347 e. The molecule has 0 atom stereocenters. The van der Waals surface area contributed by atoms with Crippen LogP contribution < -0.4 is 28.4 Å². The molecule has 8 aromatic carbocycles. The fraction of sp³-hybridized carbons (Fsp3) is 0.519. The molecule has 0 bridgehead atoms. The van der Waals surface area contributed by atoms with Crippen LogP contribution in [0.4, 0.5) is 8.78 Å². The van der Waals surface area contributed by atoms with Gasteiger partial charge >= 0.3 is 5.25 Å². The summed E-state index contributed by atoms with van der Waals surface area (Å²) in [6.45, 7) is 65.2. The summed E-state index contributed by atoms with van der Waals surface area (Å²) >= 11 is 0. The van der Waals surface area contributed by atoms with Crippen molar-refractivity contribution < 1.29 is 77.0 Å². The molecule has 0 fully saturated rings. The third-order valence-electron chi connectivity index (χ3n) is 19.5. The normalized spacial score (nSPS) is 11.6. The summed E-state index contributed by atoms with van der Waals surface area (Å²) in [5.41, 5.74) is 14.6. The summed E-state index contributed by atoms with van der Waals surface area (Å²) in [6.07, 6.45) is 1.88. The van der Waals surface area contributed by atoms with Crippen molar-refractivity contribution in [1.82, 2.24) is 0 Å². The Hall–Kier alpha value is -8.11. The Bertz CT molecular complexity index is 4760. The maximum Gasteiger partial charge on any atom is 0.347 e. The average molecular weight is 1780 g/mol. The number of aryl methyl sites for hydroxylation is 1. The molecule has 0 heterocycles. The highest BCUT2D eigenvalue weighted by Crippen LogP contribution is 2.37. The molecule has 0 saturated carbocycles. The maximum absolute atomic E-state index is 12.9. The molecular weight excluding hydrogens is 1620 g/mol. The molecule has 124 heavy (non-hydrogen) atoms. The lowest BCUT2D eigenvalue weighted by molar-refractivity contribution is -0.183. The van der Waals surface area contributed by atoms with Crippen molar-refractivity contribution in [3.05, 3.63) is 243 Å². The number of ether oxygens (including phenoxy) is 8. The van der Waals surface area contributed by atoms with Gasteiger partial charge in [0.1, 0.15) is 11.5 Å². The predicted octanol–water partition coefficient (Wildman–Crippen LogP) is 28.4. The van der Waals surface area contributed by atoms with Crippen molar-refractivity contribution in [2.24, 2.45) is 0 Å². The van der Waals surface area contributed by atoms with E-state index >= 15 is 0 Å². The molecular formula is C104H158F2O15S3. The van der Waals surface area contributed by atoms with Crippen LogP contribution in [0.5, 0.6) is 34.5 Å². The molecule has 696 valence electrons. The number of methoxy groups -OCH3 is 4. The van der Waals surface area contributed by atoms with E-state index in [2.05, 4.69) is 205 Å². The van der Waals surface area contributed by atoms with Crippen LogP contribution in [0.15, 0.2) is 191 Å². The first-order chi connectivity index (χ1) is 56.9. The van der Waals surface area contributed by atoms with Crippen LogP contribution in [0, 0.1) is 6.92 Å². The van der Waals surface area contributed by atoms with E-state index in [9.17, 15) is 39.1 Å². The van der Waals surface area contributed by atoms with Gasteiger partial charge in [0, 0.05) is 19.1 Å². The summed E-state index contributed by atoms with van der Waals surface area (Å²) < 4.78 is 139. The summed E-state index contributed by atoms with van der Waals surface area (Å²) in [6, 6.07) is 51.3. The number of alkyl halides is 2. The first-order valence-corrected chi connectivity index (χ1v) is 47.7. The number of allylic oxidation sites excluding steroid dienone is 1. The zero-order valence-electron chi connectivity index (χ0n) is 81.0. The Morgan fingerprint density at radius 2 is 0.758 bits per heavy atom. The second-order valence-electron chi connectivity index (χ2n) is 35.2. The Morgan fingerprint density at radius 3 is 1.10 bits per heavy atom. The average Bonchev–Trinajstić information content (AvgIpc) is 0.797. The Labute approximate surface area is 751 Å². The van der Waals surface area contributed by atoms with Crippen molar-refractivity contribution in [2.75, 3.05) is 40.8 Å². The van der Waals surface area contributed by atoms with Gasteiger partial charge in [0.25, 0.3) is 0 Å². The number of rotatable bonds is 30. The molecule has 8 rings (SSSR count). The van der Waals surface area contributed by atoms with Crippen LogP contribution in [-0.2, 0) is 57.6 Å². The quantitative estimate of drug-likeness (QED) is 0.0253. The molecule has 0 amide bonds. The van der Waals surface area contributed by atoms with E-state index in [0.29, 0.717) is 83.5 Å². The minimum Gasteiger partial charge on any atom is -0.496 e. The van der Waals surface area contributed by atoms with Crippen molar-refractivity contribution >= 4 is 29.5 Å². The second-order valence-corrected chi connectivity index (χ2v) is 42.0. The largest absolute Gasteiger partial charge is 0.496 e. The Balaban J connectivity index is 0.00000139. The number of halogens is 2. The van der Waals surface area contributed by atoms with E-state index in [-0.39, 0.29) is 40.8 Å². The van der Waals surface area contributed by atoms with Gasteiger partial charge in [0.15, 0.2) is 48.5 Å². The van der Waals surface area contributed by atoms with E-state index in [1.165, 1.54) is 56.6 Å². The molecule has 0 unspecified atom stereocenters. The van der Waals surface area contributed by atoms with Crippen molar-refractivity contribution in [1.29, 1.82) is 0 Å². The van der Waals surface area contributed by atoms with Crippen LogP contribution in [-0.4, -0.2) is 93.6 Å². The van der Waals surface area contributed by atoms with Gasteiger partial charge in [0.2, 0.25) is 9.84 Å². The van der Waals surface area contributed by atoms with Crippen LogP contribution in [0.3, 0.4) is 0 Å². The van der Waals surface area contributed by atoms with Gasteiger partial charge in [-0.25, -0.2) is 25.3 Å². The zero-order chi connectivity index (χ0) is 94.5.